The second-order valence-electron chi connectivity index (χ2n) is 4.51. The number of aromatic hydroxyl groups is 1. The molecule has 2 heteroatoms. The molecule has 1 N–H and O–H groups in total. The van der Waals surface area contributed by atoms with Gasteiger partial charge in [0.05, 0.1) is 0 Å². The molecule has 0 amide bonds. The number of benzene rings is 1. The van der Waals surface area contributed by atoms with Crippen LogP contribution in [0.5, 0.6) is 5.75 Å². The summed E-state index contributed by atoms with van der Waals surface area (Å²) in [7, 11) is 0. The first-order valence-corrected chi connectivity index (χ1v) is 4.90. The quantitative estimate of drug-likeness (QED) is 0.594. The van der Waals surface area contributed by atoms with E-state index < -0.39 is 0 Å². The molecule has 0 aromatic heterocycles. The van der Waals surface area contributed by atoms with Crippen molar-refractivity contribution in [3.05, 3.63) is 35.9 Å². The Bertz CT molecular complexity index is 367. The second kappa shape index (κ2) is 4.30. The highest BCUT2D eigenvalue weighted by Gasteiger charge is 2.18. The van der Waals surface area contributed by atoms with Gasteiger partial charge in [0.15, 0.2) is 0 Å². The minimum atomic E-state index is -0.0854. The molecule has 1 rings (SSSR count). The molecule has 1 aromatic rings. The molecule has 0 aliphatic rings. The van der Waals surface area contributed by atoms with Crippen molar-refractivity contribution in [3.8, 4) is 5.75 Å². The number of allylic oxidation sites excluding steroid dienone is 2. The summed E-state index contributed by atoms with van der Waals surface area (Å²) in [5, 5.41) is 9.18. The second-order valence-corrected chi connectivity index (χ2v) is 4.51. The van der Waals surface area contributed by atoms with Crippen LogP contribution in [0, 0.1) is 5.41 Å². The predicted molar refractivity (Wildman–Crippen MR) is 61.6 cm³/mol. The van der Waals surface area contributed by atoms with E-state index >= 15 is 0 Å². The average molecular weight is 204 g/mol. The van der Waals surface area contributed by atoms with Crippen molar-refractivity contribution in [2.24, 2.45) is 5.41 Å². The molecule has 0 bridgehead atoms. The maximum Gasteiger partial charge on any atom is 0.143 e. The third kappa shape index (κ3) is 2.94. The van der Waals surface area contributed by atoms with E-state index in [2.05, 4.69) is 20.8 Å². The molecule has 0 aliphatic carbocycles. The zero-order valence-electron chi connectivity index (χ0n) is 9.32. The van der Waals surface area contributed by atoms with Crippen molar-refractivity contribution in [2.75, 3.05) is 0 Å². The lowest BCUT2D eigenvalue weighted by molar-refractivity contribution is -0.104. The normalized spacial score (nSPS) is 12.6. The van der Waals surface area contributed by atoms with Crippen LogP contribution in [0.15, 0.2) is 30.3 Å². The van der Waals surface area contributed by atoms with E-state index in [1.807, 2.05) is 12.1 Å². The minimum absolute atomic E-state index is 0.0854. The van der Waals surface area contributed by atoms with Gasteiger partial charge >= 0.3 is 0 Å². The fraction of sp³-hybridized carbons (Fsp3) is 0.308. The van der Waals surface area contributed by atoms with Gasteiger partial charge in [0.25, 0.3) is 0 Å². The molecule has 0 aliphatic heterocycles. The van der Waals surface area contributed by atoms with Crippen molar-refractivity contribution in [1.29, 1.82) is 0 Å². The van der Waals surface area contributed by atoms with E-state index in [1.54, 1.807) is 18.2 Å². The van der Waals surface area contributed by atoms with E-state index in [0.717, 1.165) is 17.4 Å². The highest BCUT2D eigenvalue weighted by atomic mass is 16.3. The fourth-order valence-corrected chi connectivity index (χ4v) is 1.49. The molecule has 0 saturated heterocycles. The Morgan fingerprint density at radius 1 is 1.20 bits per heavy atom. The number of phenolic OH excluding ortho intramolecular Hbond substituents is 1. The molecule has 1 aromatic carbocycles. The van der Waals surface area contributed by atoms with Gasteiger partial charge in [0.1, 0.15) is 12.0 Å². The van der Waals surface area contributed by atoms with Crippen LogP contribution in [0.4, 0.5) is 0 Å². The Labute approximate surface area is 90.3 Å². The molecule has 0 heterocycles. The van der Waals surface area contributed by atoms with Crippen LogP contribution in [0.1, 0.15) is 26.3 Å². The lowest BCUT2D eigenvalue weighted by Gasteiger charge is -2.22. The third-order valence-electron chi connectivity index (χ3n) is 2.22. The SMILES string of the molecule is CC(C)(C)/C(=C/C=O)c1ccc(O)cc1. The number of aldehydes is 1. The molecular formula is C13H16O2. The monoisotopic (exact) mass is 204 g/mol. The van der Waals surface area contributed by atoms with Crippen LogP contribution in [0.25, 0.3) is 5.57 Å². The van der Waals surface area contributed by atoms with Gasteiger partial charge in [-0.3, -0.25) is 4.79 Å². The van der Waals surface area contributed by atoms with Crippen molar-refractivity contribution < 1.29 is 9.90 Å². The van der Waals surface area contributed by atoms with Crippen molar-refractivity contribution in [2.45, 2.75) is 20.8 Å². The Morgan fingerprint density at radius 3 is 2.13 bits per heavy atom. The number of hydrogen-bond acceptors (Lipinski definition) is 2. The minimum Gasteiger partial charge on any atom is -0.508 e. The van der Waals surface area contributed by atoms with Gasteiger partial charge < -0.3 is 5.11 Å². The van der Waals surface area contributed by atoms with Gasteiger partial charge in [-0.1, -0.05) is 32.9 Å². The standard InChI is InChI=1S/C13H16O2/c1-13(2,3)12(8-9-14)10-4-6-11(15)7-5-10/h4-9,15H,1-3H3/b12-8+. The van der Waals surface area contributed by atoms with Crippen LogP contribution >= 0.6 is 0 Å². The van der Waals surface area contributed by atoms with E-state index in [-0.39, 0.29) is 11.2 Å². The van der Waals surface area contributed by atoms with Gasteiger partial charge in [0, 0.05) is 0 Å². The first kappa shape index (κ1) is 11.5. The van der Waals surface area contributed by atoms with Crippen molar-refractivity contribution >= 4 is 11.9 Å². The zero-order chi connectivity index (χ0) is 11.5. The van der Waals surface area contributed by atoms with Gasteiger partial charge in [-0.05, 0) is 34.8 Å². The Balaban J connectivity index is 3.17. The summed E-state index contributed by atoms with van der Waals surface area (Å²) in [6, 6.07) is 6.88. The van der Waals surface area contributed by atoms with Crippen molar-refractivity contribution in [1.82, 2.24) is 0 Å². The van der Waals surface area contributed by atoms with Gasteiger partial charge in [-0.15, -0.1) is 0 Å². The van der Waals surface area contributed by atoms with Crippen LogP contribution in [0.3, 0.4) is 0 Å². The lowest BCUT2D eigenvalue weighted by atomic mass is 9.82. The summed E-state index contributed by atoms with van der Waals surface area (Å²) in [6.07, 6.45) is 2.37. The molecule has 2 nitrogen and oxygen atoms in total. The molecular weight excluding hydrogens is 188 g/mol. The molecule has 0 spiro atoms. The van der Waals surface area contributed by atoms with Gasteiger partial charge in [0.2, 0.25) is 0 Å². The molecule has 80 valence electrons. The maximum absolute atomic E-state index is 10.6. The molecule has 0 radical (unpaired) electrons. The van der Waals surface area contributed by atoms with E-state index in [1.165, 1.54) is 0 Å². The average Bonchev–Trinajstić information content (AvgIpc) is 2.14. The zero-order valence-corrected chi connectivity index (χ0v) is 9.32. The molecule has 0 fully saturated rings. The van der Waals surface area contributed by atoms with E-state index in [0.29, 0.717) is 0 Å². The number of phenols is 1. The Hall–Kier alpha value is -1.57. The predicted octanol–water partition coefficient (Wildman–Crippen LogP) is 3.02. The number of rotatable bonds is 2. The highest BCUT2D eigenvalue weighted by molar-refractivity contribution is 5.83. The first-order chi connectivity index (χ1) is 6.95. The Morgan fingerprint density at radius 2 is 1.73 bits per heavy atom. The summed E-state index contributed by atoms with van der Waals surface area (Å²) in [5.74, 6) is 0.234. The Kier molecular flexibility index (Phi) is 3.30. The van der Waals surface area contributed by atoms with Crippen LogP contribution < -0.4 is 0 Å². The summed E-state index contributed by atoms with van der Waals surface area (Å²) in [4.78, 5) is 10.6. The molecule has 15 heavy (non-hydrogen) atoms. The first-order valence-electron chi connectivity index (χ1n) is 4.90. The third-order valence-corrected chi connectivity index (χ3v) is 2.22. The van der Waals surface area contributed by atoms with E-state index in [9.17, 15) is 9.90 Å². The summed E-state index contributed by atoms with van der Waals surface area (Å²) in [6.45, 7) is 6.15. The van der Waals surface area contributed by atoms with Crippen molar-refractivity contribution in [3.63, 3.8) is 0 Å². The largest absolute Gasteiger partial charge is 0.508 e. The van der Waals surface area contributed by atoms with Crippen LogP contribution in [-0.2, 0) is 4.79 Å². The number of carbonyl (C=O) groups is 1. The lowest BCUT2D eigenvalue weighted by Crippen LogP contribution is -2.08. The van der Waals surface area contributed by atoms with Gasteiger partial charge in [-0.2, -0.15) is 0 Å². The van der Waals surface area contributed by atoms with Gasteiger partial charge in [-0.25, -0.2) is 0 Å². The summed E-state index contributed by atoms with van der Waals surface area (Å²) >= 11 is 0. The molecule has 0 saturated carbocycles. The summed E-state index contributed by atoms with van der Waals surface area (Å²) in [5.41, 5.74) is 1.85. The fourth-order valence-electron chi connectivity index (χ4n) is 1.49. The number of hydrogen-bond donors (Lipinski definition) is 1. The van der Waals surface area contributed by atoms with E-state index in [4.69, 9.17) is 0 Å². The number of carbonyl (C=O) groups excluding carboxylic acids is 1. The maximum atomic E-state index is 10.6. The molecule has 0 unspecified atom stereocenters. The highest BCUT2D eigenvalue weighted by Crippen LogP contribution is 2.33. The topological polar surface area (TPSA) is 37.3 Å². The van der Waals surface area contributed by atoms with Crippen LogP contribution in [-0.4, -0.2) is 11.4 Å². The van der Waals surface area contributed by atoms with Crippen LogP contribution in [0.2, 0.25) is 0 Å². The smallest absolute Gasteiger partial charge is 0.143 e. The molecule has 0 atom stereocenters. The summed E-state index contributed by atoms with van der Waals surface area (Å²) < 4.78 is 0.